The van der Waals surface area contributed by atoms with Crippen molar-refractivity contribution in [3.63, 3.8) is 0 Å². The van der Waals surface area contributed by atoms with Crippen LogP contribution in [-0.2, 0) is 29.7 Å². The molecule has 0 atom stereocenters. The molecule has 0 aliphatic rings. The molecule has 0 spiro atoms. The van der Waals surface area contributed by atoms with Crippen molar-refractivity contribution in [2.24, 2.45) is 0 Å². The van der Waals surface area contributed by atoms with Gasteiger partial charge in [0.25, 0.3) is 0 Å². The van der Waals surface area contributed by atoms with Crippen LogP contribution in [0.25, 0.3) is 0 Å². The van der Waals surface area contributed by atoms with Gasteiger partial charge in [-0.1, -0.05) is 0 Å². The maximum atomic E-state index is 12.0. The standard InChI is InChI=1S/C20H19O2P.Pd/c1-17(21)22-23(18-11-5-2-6-12-18,19-13-7-3-8-14-19)20-15-9-4-10-16-20;/h2-16,23H,1H3;. The summed E-state index contributed by atoms with van der Waals surface area (Å²) in [5.74, 6) is -0.256. The Morgan fingerprint density at radius 2 is 0.958 bits per heavy atom. The van der Waals surface area contributed by atoms with Crippen LogP contribution in [0.4, 0.5) is 0 Å². The fourth-order valence-corrected chi connectivity index (χ4v) is 6.68. The van der Waals surface area contributed by atoms with Crippen LogP contribution in [0, 0.1) is 0 Å². The minimum Gasteiger partial charge on any atom is 0 e. The Morgan fingerprint density at radius 1 is 0.667 bits per heavy atom. The maximum absolute atomic E-state index is 12.0. The first-order valence-electron chi connectivity index (χ1n) is 7.59. The summed E-state index contributed by atoms with van der Waals surface area (Å²) < 4.78 is 6.10. The summed E-state index contributed by atoms with van der Waals surface area (Å²) in [5.41, 5.74) is 0. The van der Waals surface area contributed by atoms with Crippen molar-refractivity contribution in [1.29, 1.82) is 0 Å². The third kappa shape index (κ3) is 3.65. The average molecular weight is 429 g/mol. The zero-order valence-electron chi connectivity index (χ0n) is 13.3. The second-order valence-electron chi connectivity index (χ2n) is 5.37. The average Bonchev–Trinajstić information content (AvgIpc) is 2.62. The van der Waals surface area contributed by atoms with Crippen molar-refractivity contribution in [3.8, 4) is 0 Å². The van der Waals surface area contributed by atoms with E-state index in [2.05, 4.69) is 36.4 Å². The van der Waals surface area contributed by atoms with Crippen molar-refractivity contribution in [2.45, 2.75) is 6.92 Å². The molecule has 0 aliphatic carbocycles. The number of benzene rings is 3. The van der Waals surface area contributed by atoms with Crippen molar-refractivity contribution in [2.75, 3.05) is 0 Å². The molecule has 0 aromatic heterocycles. The third-order valence-electron chi connectivity index (χ3n) is 3.84. The predicted octanol–water partition coefficient (Wildman–Crippen LogP) is 3.19. The fraction of sp³-hybridized carbons (Fsp3) is 0.0500. The van der Waals surface area contributed by atoms with Crippen LogP contribution in [0.1, 0.15) is 6.92 Å². The Morgan fingerprint density at radius 3 is 1.21 bits per heavy atom. The van der Waals surface area contributed by atoms with Gasteiger partial charge in [-0.2, -0.15) is 0 Å². The van der Waals surface area contributed by atoms with E-state index in [4.69, 9.17) is 4.52 Å². The first kappa shape index (κ1) is 18.6. The summed E-state index contributed by atoms with van der Waals surface area (Å²) in [7, 11) is -2.84. The van der Waals surface area contributed by atoms with E-state index in [1.807, 2.05) is 54.6 Å². The summed E-state index contributed by atoms with van der Waals surface area (Å²) in [4.78, 5) is 12.0. The minimum atomic E-state index is -2.84. The Balaban J connectivity index is 0.00000208. The molecule has 0 saturated carbocycles. The molecule has 0 bridgehead atoms. The second kappa shape index (κ2) is 8.36. The molecule has 0 heterocycles. The second-order valence-corrected chi connectivity index (χ2v) is 8.67. The first-order valence-corrected chi connectivity index (χ1v) is 9.50. The maximum Gasteiger partial charge on any atom is 0 e. The van der Waals surface area contributed by atoms with Gasteiger partial charge in [-0.05, 0) is 0 Å². The fourth-order valence-electron chi connectivity index (χ4n) is 2.91. The van der Waals surface area contributed by atoms with Gasteiger partial charge >= 0.3 is 137 Å². The summed E-state index contributed by atoms with van der Waals surface area (Å²) >= 11 is 0. The summed E-state index contributed by atoms with van der Waals surface area (Å²) in [6.45, 7) is 1.48. The van der Waals surface area contributed by atoms with E-state index in [1.54, 1.807) is 0 Å². The molecule has 0 radical (unpaired) electrons. The number of rotatable bonds is 4. The largest absolute Gasteiger partial charge is 0 e. The monoisotopic (exact) mass is 428 g/mol. The SMILES string of the molecule is CC(=O)O[PH](c1ccccc1)(c1ccccc1)c1ccccc1.[Pd]. The van der Waals surface area contributed by atoms with Gasteiger partial charge < -0.3 is 0 Å². The summed E-state index contributed by atoms with van der Waals surface area (Å²) in [5, 5.41) is 3.19. The van der Waals surface area contributed by atoms with E-state index >= 15 is 0 Å². The number of carbonyl (C=O) groups excluding carboxylic acids is 1. The molecule has 3 aromatic rings. The Hall–Kier alpha value is -1.78. The van der Waals surface area contributed by atoms with Gasteiger partial charge in [0, 0.05) is 20.4 Å². The van der Waals surface area contributed by atoms with Gasteiger partial charge in [0.1, 0.15) is 0 Å². The summed E-state index contributed by atoms with van der Waals surface area (Å²) in [6, 6.07) is 30.2. The molecule has 0 saturated heterocycles. The van der Waals surface area contributed by atoms with Gasteiger partial charge in [-0.25, -0.2) is 0 Å². The van der Waals surface area contributed by atoms with Crippen LogP contribution in [0.2, 0.25) is 0 Å². The molecule has 0 amide bonds. The van der Waals surface area contributed by atoms with E-state index in [1.165, 1.54) is 6.92 Å². The molecule has 2 nitrogen and oxygen atoms in total. The molecule has 3 aromatic carbocycles. The van der Waals surface area contributed by atoms with Crippen LogP contribution in [-0.4, -0.2) is 5.97 Å². The van der Waals surface area contributed by atoms with Crippen molar-refractivity contribution < 1.29 is 29.7 Å². The molecular formula is C20H19O2PPd. The van der Waals surface area contributed by atoms with Gasteiger partial charge in [0.2, 0.25) is 0 Å². The zero-order valence-corrected chi connectivity index (χ0v) is 15.8. The number of hydrogen-bond donors (Lipinski definition) is 0. The van der Waals surface area contributed by atoms with E-state index < -0.39 is 7.49 Å². The van der Waals surface area contributed by atoms with Gasteiger partial charge in [-0.15, -0.1) is 0 Å². The Kier molecular flexibility index (Phi) is 6.46. The molecule has 0 N–H and O–H groups in total. The molecule has 24 heavy (non-hydrogen) atoms. The Labute approximate surface area is 157 Å². The van der Waals surface area contributed by atoms with Crippen molar-refractivity contribution in [3.05, 3.63) is 91.0 Å². The smallest absolute Gasteiger partial charge is 0 e. The van der Waals surface area contributed by atoms with Crippen LogP contribution in [0.3, 0.4) is 0 Å². The van der Waals surface area contributed by atoms with Crippen LogP contribution < -0.4 is 15.9 Å². The van der Waals surface area contributed by atoms with E-state index in [0.29, 0.717) is 0 Å². The minimum absolute atomic E-state index is 0. The molecule has 0 fully saturated rings. The van der Waals surface area contributed by atoms with Gasteiger partial charge in [0.15, 0.2) is 0 Å². The molecular weight excluding hydrogens is 410 g/mol. The first-order chi connectivity index (χ1) is 11.2. The van der Waals surface area contributed by atoms with Gasteiger partial charge in [-0.3, -0.25) is 0 Å². The molecule has 0 aliphatic heterocycles. The summed E-state index contributed by atoms with van der Waals surface area (Å²) in [6.07, 6.45) is 0. The third-order valence-corrected chi connectivity index (χ3v) is 7.87. The predicted molar refractivity (Wildman–Crippen MR) is 98.3 cm³/mol. The van der Waals surface area contributed by atoms with E-state index in [0.717, 1.165) is 15.9 Å². The Bertz CT molecular complexity index is 680. The number of carbonyl (C=O) groups is 1. The zero-order chi connectivity index (χ0) is 16.1. The van der Waals surface area contributed by atoms with Crippen LogP contribution in [0.5, 0.6) is 0 Å². The van der Waals surface area contributed by atoms with Crippen molar-refractivity contribution in [1.82, 2.24) is 0 Å². The van der Waals surface area contributed by atoms with Crippen molar-refractivity contribution >= 4 is 29.4 Å². The van der Waals surface area contributed by atoms with E-state index in [9.17, 15) is 4.79 Å². The molecule has 3 rings (SSSR count). The molecule has 4 heteroatoms. The quantitative estimate of drug-likeness (QED) is 0.471. The van der Waals surface area contributed by atoms with E-state index in [-0.39, 0.29) is 26.4 Å². The molecule has 126 valence electrons. The number of hydrogen-bond acceptors (Lipinski definition) is 2. The van der Waals surface area contributed by atoms with Gasteiger partial charge in [0.05, 0.1) is 0 Å². The van der Waals surface area contributed by atoms with Crippen LogP contribution in [0.15, 0.2) is 91.0 Å². The molecule has 0 unspecified atom stereocenters. The topological polar surface area (TPSA) is 26.3 Å². The normalized spacial score (nSPS) is 11.2. The van der Waals surface area contributed by atoms with Crippen LogP contribution >= 0.6 is 7.49 Å².